The van der Waals surface area contributed by atoms with Crippen molar-refractivity contribution in [3.05, 3.63) is 40.7 Å². The van der Waals surface area contributed by atoms with E-state index in [1.807, 2.05) is 24.3 Å². The van der Waals surface area contributed by atoms with Gasteiger partial charge in [-0.15, -0.1) is 12.4 Å². The first-order valence-electron chi connectivity index (χ1n) is 10.4. The highest BCUT2D eigenvalue weighted by Gasteiger charge is 2.16. The number of anilines is 2. The summed E-state index contributed by atoms with van der Waals surface area (Å²) in [5.41, 5.74) is 17.9. The summed E-state index contributed by atoms with van der Waals surface area (Å²) in [4.78, 5) is 23.9. The quantitative estimate of drug-likeness (QED) is 0.176. The van der Waals surface area contributed by atoms with Gasteiger partial charge in [-0.3, -0.25) is 15.1 Å². The smallest absolute Gasteiger partial charge is 0.280 e. The van der Waals surface area contributed by atoms with Gasteiger partial charge in [0.2, 0.25) is 0 Å². The lowest BCUT2D eigenvalue weighted by Gasteiger charge is -2.08. The maximum atomic E-state index is 12.2. The molecule has 0 saturated carbocycles. The van der Waals surface area contributed by atoms with Crippen LogP contribution in [0.1, 0.15) is 28.9 Å². The van der Waals surface area contributed by atoms with Gasteiger partial charge in [0, 0.05) is 13.7 Å². The van der Waals surface area contributed by atoms with E-state index < -0.39 is 5.91 Å². The number of hydrogen-bond donors (Lipinski definition) is 4. The van der Waals surface area contributed by atoms with Gasteiger partial charge in [-0.2, -0.15) is 0 Å². The Balaban J connectivity index is 0.00000578. The molecule has 0 saturated heterocycles. The van der Waals surface area contributed by atoms with Gasteiger partial charge >= 0.3 is 0 Å². The summed E-state index contributed by atoms with van der Waals surface area (Å²) in [6, 6.07) is 7.94. The molecule has 0 atom stereocenters. The fraction of sp³-hybridized carbons (Fsp3) is 0.429. The van der Waals surface area contributed by atoms with Crippen LogP contribution in [0, 0.1) is 0 Å². The number of methoxy groups -OCH3 is 1. The molecular weight excluding hydrogens is 485 g/mol. The molecule has 0 spiro atoms. The molecule has 11 nitrogen and oxygen atoms in total. The normalized spacial score (nSPS) is 11.1. The van der Waals surface area contributed by atoms with Crippen molar-refractivity contribution in [2.75, 3.05) is 51.5 Å². The maximum Gasteiger partial charge on any atom is 0.280 e. The number of aromatic nitrogens is 2. The number of halogens is 2. The zero-order valence-corrected chi connectivity index (χ0v) is 20.5. The van der Waals surface area contributed by atoms with E-state index in [9.17, 15) is 4.79 Å². The summed E-state index contributed by atoms with van der Waals surface area (Å²) in [6.45, 7) is 2.60. The third kappa shape index (κ3) is 10.4. The van der Waals surface area contributed by atoms with Gasteiger partial charge in [-0.1, -0.05) is 23.7 Å². The predicted octanol–water partition coefficient (Wildman–Crippen LogP) is 1.83. The highest BCUT2D eigenvalue weighted by atomic mass is 35.5. The Labute approximate surface area is 209 Å². The lowest BCUT2D eigenvalue weighted by Crippen LogP contribution is -2.38. The number of nitrogens with two attached hydrogens (primary N) is 3. The first kappa shape index (κ1) is 29.2. The molecule has 0 unspecified atom stereocenters. The number of carbonyl (C=O) groups is 1. The molecule has 1 aromatic heterocycles. The average Bonchev–Trinajstić information content (AvgIpc) is 2.79. The number of carbonyl (C=O) groups excluding carboxylic acids is 1. The number of ether oxygens (including phenoxy) is 3. The first-order valence-corrected chi connectivity index (χ1v) is 10.8. The SMILES string of the molecule is COCCOCCOc1ccc(CCCCN=C(N)NC(=O)c2nc(Cl)c(N)nc2N)cc1.Cl. The van der Waals surface area contributed by atoms with E-state index in [0.717, 1.165) is 25.0 Å². The maximum absolute atomic E-state index is 12.2. The molecule has 0 radical (unpaired) electrons. The summed E-state index contributed by atoms with van der Waals surface area (Å²) in [5.74, 6) is -0.101. The molecule has 34 heavy (non-hydrogen) atoms. The van der Waals surface area contributed by atoms with E-state index in [-0.39, 0.29) is 40.8 Å². The summed E-state index contributed by atoms with van der Waals surface area (Å²) in [6.07, 6.45) is 2.59. The van der Waals surface area contributed by atoms with Crippen molar-refractivity contribution in [1.82, 2.24) is 15.3 Å². The Morgan fingerprint density at radius 3 is 2.47 bits per heavy atom. The van der Waals surface area contributed by atoms with Crippen LogP contribution in [-0.4, -0.2) is 61.9 Å². The molecule has 13 heteroatoms. The number of guanidine groups is 1. The van der Waals surface area contributed by atoms with Gasteiger partial charge in [-0.25, -0.2) is 9.97 Å². The molecule has 0 bridgehead atoms. The second-order valence-electron chi connectivity index (χ2n) is 6.91. The molecule has 0 aliphatic heterocycles. The Hall–Kier alpha value is -2.86. The second kappa shape index (κ2) is 15.9. The van der Waals surface area contributed by atoms with Gasteiger partial charge < -0.3 is 31.4 Å². The van der Waals surface area contributed by atoms with Crippen molar-refractivity contribution in [1.29, 1.82) is 0 Å². The first-order chi connectivity index (χ1) is 15.9. The molecule has 1 aromatic carbocycles. The second-order valence-corrected chi connectivity index (χ2v) is 7.27. The lowest BCUT2D eigenvalue weighted by atomic mass is 10.1. The number of nitrogens with one attached hydrogen (secondary N) is 1. The van der Waals surface area contributed by atoms with Crippen molar-refractivity contribution >= 4 is 47.5 Å². The average molecular weight is 516 g/mol. The van der Waals surface area contributed by atoms with Crippen LogP contribution in [0.25, 0.3) is 0 Å². The van der Waals surface area contributed by atoms with Crippen molar-refractivity contribution in [2.24, 2.45) is 10.7 Å². The van der Waals surface area contributed by atoms with Gasteiger partial charge in [0.05, 0.1) is 19.8 Å². The molecule has 188 valence electrons. The van der Waals surface area contributed by atoms with E-state index in [2.05, 4.69) is 20.3 Å². The zero-order valence-electron chi connectivity index (χ0n) is 19.0. The van der Waals surface area contributed by atoms with Crippen LogP contribution < -0.4 is 27.3 Å². The number of nitrogens with zero attached hydrogens (tertiary/aromatic N) is 3. The standard InChI is InChI=1S/C21H30ClN7O4.ClH/c1-31-10-11-32-12-13-33-15-7-5-14(6-8-15)4-2-3-9-26-21(25)29-20(30)16-18(23)28-19(24)17(22)27-16;/h5-8H,2-4,9-13H2,1H3,(H4,23,24,28)(H3,25,26,29,30);1H. The van der Waals surface area contributed by atoms with E-state index in [1.54, 1.807) is 7.11 Å². The van der Waals surface area contributed by atoms with E-state index in [4.69, 9.17) is 43.0 Å². The third-order valence-corrected chi connectivity index (χ3v) is 4.65. The molecule has 0 aliphatic rings. The topological polar surface area (TPSA) is 173 Å². The van der Waals surface area contributed by atoms with Gasteiger partial charge in [0.1, 0.15) is 12.4 Å². The number of unbranched alkanes of at least 4 members (excludes halogenated alkanes) is 1. The van der Waals surface area contributed by atoms with Crippen molar-refractivity contribution in [3.8, 4) is 5.75 Å². The molecule has 0 fully saturated rings. The molecule has 1 heterocycles. The van der Waals surface area contributed by atoms with Crippen molar-refractivity contribution in [2.45, 2.75) is 19.3 Å². The highest BCUT2D eigenvalue weighted by molar-refractivity contribution is 6.31. The minimum Gasteiger partial charge on any atom is -0.491 e. The predicted molar refractivity (Wildman–Crippen MR) is 135 cm³/mol. The number of amides is 1. The summed E-state index contributed by atoms with van der Waals surface area (Å²) in [5, 5.41) is 2.29. The van der Waals surface area contributed by atoms with Crippen LogP contribution in [0.3, 0.4) is 0 Å². The van der Waals surface area contributed by atoms with Crippen LogP contribution in [0.5, 0.6) is 5.75 Å². The van der Waals surface area contributed by atoms with Crippen molar-refractivity contribution in [3.63, 3.8) is 0 Å². The number of aliphatic imine (C=N–C) groups is 1. The molecule has 0 aliphatic carbocycles. The van der Waals surface area contributed by atoms with E-state index in [1.165, 1.54) is 5.56 Å². The molecule has 1 amide bonds. The van der Waals surface area contributed by atoms with Crippen LogP contribution in [-0.2, 0) is 15.9 Å². The minimum absolute atomic E-state index is 0. The Morgan fingerprint density at radius 1 is 1.06 bits per heavy atom. The number of rotatable bonds is 13. The van der Waals surface area contributed by atoms with E-state index >= 15 is 0 Å². The zero-order chi connectivity index (χ0) is 24.1. The summed E-state index contributed by atoms with van der Waals surface area (Å²) >= 11 is 5.78. The molecule has 7 N–H and O–H groups in total. The van der Waals surface area contributed by atoms with Crippen LogP contribution in [0.4, 0.5) is 11.6 Å². The Kier molecular flexibility index (Phi) is 13.6. The minimum atomic E-state index is -0.660. The van der Waals surface area contributed by atoms with Gasteiger partial charge in [0.25, 0.3) is 5.91 Å². The number of aryl methyl sites for hydroxylation is 1. The number of benzene rings is 1. The highest BCUT2D eigenvalue weighted by Crippen LogP contribution is 2.17. The monoisotopic (exact) mass is 515 g/mol. The van der Waals surface area contributed by atoms with E-state index in [0.29, 0.717) is 33.0 Å². The Morgan fingerprint density at radius 2 is 1.76 bits per heavy atom. The third-order valence-electron chi connectivity index (χ3n) is 4.37. The summed E-state index contributed by atoms with van der Waals surface area (Å²) < 4.78 is 15.9. The molecule has 2 aromatic rings. The van der Waals surface area contributed by atoms with Gasteiger partial charge in [-0.05, 0) is 37.0 Å². The van der Waals surface area contributed by atoms with Crippen molar-refractivity contribution < 1.29 is 19.0 Å². The van der Waals surface area contributed by atoms with Crippen LogP contribution >= 0.6 is 24.0 Å². The number of hydrogen-bond acceptors (Lipinski definition) is 9. The van der Waals surface area contributed by atoms with Crippen LogP contribution in [0.15, 0.2) is 29.3 Å². The largest absolute Gasteiger partial charge is 0.491 e. The fourth-order valence-electron chi connectivity index (χ4n) is 2.68. The fourth-order valence-corrected chi connectivity index (χ4v) is 2.81. The Bertz CT molecular complexity index is 930. The van der Waals surface area contributed by atoms with Gasteiger partial charge in [0.15, 0.2) is 28.4 Å². The summed E-state index contributed by atoms with van der Waals surface area (Å²) in [7, 11) is 1.64. The van der Waals surface area contributed by atoms with Crippen LogP contribution in [0.2, 0.25) is 5.15 Å². The number of nitrogen functional groups attached to an aromatic ring is 2. The lowest BCUT2D eigenvalue weighted by molar-refractivity contribution is 0.0544. The molecule has 2 rings (SSSR count). The molecular formula is C21H31Cl2N7O4.